The summed E-state index contributed by atoms with van der Waals surface area (Å²) in [6, 6.07) is 0. The van der Waals surface area contributed by atoms with Crippen molar-refractivity contribution in [2.24, 2.45) is 0 Å². The number of anilines is 1. The zero-order chi connectivity index (χ0) is 11.1. The van der Waals surface area contributed by atoms with E-state index in [9.17, 15) is 8.42 Å². The minimum atomic E-state index is -3.32. The monoisotopic (exact) mass is 219 g/mol. The highest BCUT2D eigenvalue weighted by Gasteiger charge is 2.37. The first kappa shape index (κ1) is 10.8. The molecule has 0 fully saturated rings. The standard InChI is InChI=1S/C6H13N5O2S/c1-6(2,14(3,12)13)4-9-10-5(7)11(4)8/h8H2,1-3H3,(H2,7,10). The van der Waals surface area contributed by atoms with Crippen molar-refractivity contribution in [3.8, 4) is 0 Å². The second-order valence-corrected chi connectivity index (χ2v) is 6.10. The molecular weight excluding hydrogens is 206 g/mol. The molecule has 0 bridgehead atoms. The summed E-state index contributed by atoms with van der Waals surface area (Å²) >= 11 is 0. The molecule has 0 saturated heterocycles. The zero-order valence-electron chi connectivity index (χ0n) is 8.22. The van der Waals surface area contributed by atoms with Crippen LogP contribution in [0.15, 0.2) is 0 Å². The first-order valence-electron chi connectivity index (χ1n) is 3.84. The maximum absolute atomic E-state index is 11.4. The van der Waals surface area contributed by atoms with Crippen LogP contribution in [-0.4, -0.2) is 29.5 Å². The summed E-state index contributed by atoms with van der Waals surface area (Å²) < 4.78 is 22.6. The Morgan fingerprint density at radius 2 is 1.86 bits per heavy atom. The number of sulfone groups is 1. The van der Waals surface area contributed by atoms with Crippen molar-refractivity contribution in [2.75, 3.05) is 17.8 Å². The normalized spacial score (nSPS) is 13.1. The van der Waals surface area contributed by atoms with E-state index >= 15 is 0 Å². The second kappa shape index (κ2) is 2.84. The average Bonchev–Trinajstić information content (AvgIpc) is 2.30. The van der Waals surface area contributed by atoms with Gasteiger partial charge in [-0.05, 0) is 13.8 Å². The Bertz CT molecular complexity index is 447. The van der Waals surface area contributed by atoms with Gasteiger partial charge in [-0.25, -0.2) is 13.1 Å². The number of hydrogen-bond acceptors (Lipinski definition) is 6. The molecule has 80 valence electrons. The van der Waals surface area contributed by atoms with E-state index in [-0.39, 0.29) is 11.8 Å². The van der Waals surface area contributed by atoms with Gasteiger partial charge in [0.15, 0.2) is 15.7 Å². The van der Waals surface area contributed by atoms with Gasteiger partial charge >= 0.3 is 0 Å². The van der Waals surface area contributed by atoms with E-state index in [1.165, 1.54) is 13.8 Å². The van der Waals surface area contributed by atoms with Crippen molar-refractivity contribution in [1.82, 2.24) is 14.9 Å². The molecule has 8 heteroatoms. The van der Waals surface area contributed by atoms with Gasteiger partial charge in [0.05, 0.1) is 0 Å². The van der Waals surface area contributed by atoms with Crippen LogP contribution in [0.1, 0.15) is 19.7 Å². The van der Waals surface area contributed by atoms with Crippen molar-refractivity contribution < 1.29 is 8.42 Å². The van der Waals surface area contributed by atoms with Gasteiger partial charge < -0.3 is 11.6 Å². The summed E-state index contributed by atoms with van der Waals surface area (Å²) in [4.78, 5) is 0. The summed E-state index contributed by atoms with van der Waals surface area (Å²) in [6.45, 7) is 2.99. The molecule has 0 saturated carbocycles. The molecule has 0 amide bonds. The molecule has 14 heavy (non-hydrogen) atoms. The first-order chi connectivity index (χ1) is 6.18. The lowest BCUT2D eigenvalue weighted by molar-refractivity contribution is 0.544. The summed E-state index contributed by atoms with van der Waals surface area (Å²) in [6.07, 6.45) is 1.11. The largest absolute Gasteiger partial charge is 0.366 e. The fourth-order valence-electron chi connectivity index (χ4n) is 0.880. The fourth-order valence-corrected chi connectivity index (χ4v) is 1.35. The van der Waals surface area contributed by atoms with Gasteiger partial charge in [0.25, 0.3) is 0 Å². The van der Waals surface area contributed by atoms with Gasteiger partial charge in [-0.3, -0.25) is 0 Å². The number of aromatic nitrogens is 3. The van der Waals surface area contributed by atoms with Crippen molar-refractivity contribution in [3.05, 3.63) is 5.82 Å². The lowest BCUT2D eigenvalue weighted by Crippen LogP contribution is -2.34. The molecule has 0 unspecified atom stereocenters. The summed E-state index contributed by atoms with van der Waals surface area (Å²) in [5.41, 5.74) is 5.35. The third-order valence-electron chi connectivity index (χ3n) is 2.19. The Labute approximate surface area is 82.0 Å². The lowest BCUT2D eigenvalue weighted by Gasteiger charge is -2.20. The van der Waals surface area contributed by atoms with E-state index in [1.54, 1.807) is 0 Å². The van der Waals surface area contributed by atoms with Crippen molar-refractivity contribution in [3.63, 3.8) is 0 Å². The number of nitrogens with zero attached hydrogens (tertiary/aromatic N) is 3. The Kier molecular flexibility index (Phi) is 2.18. The van der Waals surface area contributed by atoms with E-state index in [1.807, 2.05) is 0 Å². The van der Waals surface area contributed by atoms with Crippen molar-refractivity contribution >= 4 is 15.8 Å². The van der Waals surface area contributed by atoms with Gasteiger partial charge in [0, 0.05) is 6.26 Å². The lowest BCUT2D eigenvalue weighted by atomic mass is 10.2. The minimum absolute atomic E-state index is 0.0169. The summed E-state index contributed by atoms with van der Waals surface area (Å²) in [5, 5.41) is 7.13. The van der Waals surface area contributed by atoms with Gasteiger partial charge in [-0.1, -0.05) is 0 Å². The van der Waals surface area contributed by atoms with E-state index in [0.29, 0.717) is 0 Å². The molecule has 0 aliphatic carbocycles. The van der Waals surface area contributed by atoms with Crippen molar-refractivity contribution in [2.45, 2.75) is 18.6 Å². The zero-order valence-corrected chi connectivity index (χ0v) is 9.04. The van der Waals surface area contributed by atoms with E-state index in [2.05, 4.69) is 10.2 Å². The van der Waals surface area contributed by atoms with Crippen LogP contribution >= 0.6 is 0 Å². The van der Waals surface area contributed by atoms with Crippen LogP contribution in [0.25, 0.3) is 0 Å². The Morgan fingerprint density at radius 3 is 2.14 bits per heavy atom. The molecule has 1 aromatic heterocycles. The molecule has 0 atom stereocenters. The maximum Gasteiger partial charge on any atom is 0.240 e. The molecule has 1 aromatic rings. The van der Waals surface area contributed by atoms with Crippen LogP contribution in [0.5, 0.6) is 0 Å². The summed E-state index contributed by atoms with van der Waals surface area (Å²) in [5.74, 6) is 5.59. The predicted molar refractivity (Wildman–Crippen MR) is 52.5 cm³/mol. The third-order valence-corrected chi connectivity index (χ3v) is 4.22. The highest BCUT2D eigenvalue weighted by atomic mass is 32.2. The molecular formula is C6H13N5O2S. The number of hydrogen-bond donors (Lipinski definition) is 2. The molecule has 1 heterocycles. The van der Waals surface area contributed by atoms with Crippen LogP contribution in [-0.2, 0) is 14.6 Å². The van der Waals surface area contributed by atoms with Gasteiger partial charge in [-0.2, -0.15) is 0 Å². The van der Waals surface area contributed by atoms with Gasteiger partial charge in [-0.15, -0.1) is 10.2 Å². The topological polar surface area (TPSA) is 117 Å². The van der Waals surface area contributed by atoms with Crippen molar-refractivity contribution in [1.29, 1.82) is 0 Å². The Morgan fingerprint density at radius 1 is 1.36 bits per heavy atom. The third kappa shape index (κ3) is 1.41. The number of nitrogens with two attached hydrogens (primary N) is 2. The quantitative estimate of drug-likeness (QED) is 0.607. The van der Waals surface area contributed by atoms with E-state index in [0.717, 1.165) is 10.9 Å². The second-order valence-electron chi connectivity index (χ2n) is 3.53. The van der Waals surface area contributed by atoms with Crippen LogP contribution in [0.2, 0.25) is 0 Å². The minimum Gasteiger partial charge on any atom is -0.366 e. The fraction of sp³-hybridized carbons (Fsp3) is 0.667. The molecule has 4 N–H and O–H groups in total. The highest BCUT2D eigenvalue weighted by molar-refractivity contribution is 7.91. The first-order valence-corrected chi connectivity index (χ1v) is 5.73. The van der Waals surface area contributed by atoms with E-state index < -0.39 is 14.6 Å². The molecule has 0 aliphatic heterocycles. The SMILES string of the molecule is CC(C)(c1nnc(N)n1N)S(C)(=O)=O. The summed E-state index contributed by atoms with van der Waals surface area (Å²) in [7, 11) is -3.32. The molecule has 1 rings (SSSR count). The van der Waals surface area contributed by atoms with E-state index in [4.69, 9.17) is 11.6 Å². The molecule has 0 radical (unpaired) electrons. The number of rotatable bonds is 2. The van der Waals surface area contributed by atoms with Crippen LogP contribution in [0.4, 0.5) is 5.95 Å². The van der Waals surface area contributed by atoms with Gasteiger partial charge in [0.1, 0.15) is 4.75 Å². The highest BCUT2D eigenvalue weighted by Crippen LogP contribution is 2.26. The molecule has 0 aromatic carbocycles. The Balaban J connectivity index is 3.38. The smallest absolute Gasteiger partial charge is 0.240 e. The molecule has 0 aliphatic rings. The maximum atomic E-state index is 11.4. The Hall–Kier alpha value is -1.31. The van der Waals surface area contributed by atoms with Crippen LogP contribution in [0.3, 0.4) is 0 Å². The van der Waals surface area contributed by atoms with Crippen LogP contribution in [0, 0.1) is 0 Å². The number of nitrogen functional groups attached to an aromatic ring is 2. The molecule has 7 nitrogen and oxygen atoms in total. The van der Waals surface area contributed by atoms with Gasteiger partial charge in [0.2, 0.25) is 5.95 Å². The molecule has 0 spiro atoms. The van der Waals surface area contributed by atoms with Crippen LogP contribution < -0.4 is 11.6 Å². The average molecular weight is 219 g/mol. The predicted octanol–water partition coefficient (Wildman–Crippen LogP) is -1.15.